The van der Waals surface area contributed by atoms with Crippen molar-refractivity contribution in [2.45, 2.75) is 25.9 Å². The van der Waals surface area contributed by atoms with Gasteiger partial charge in [-0.2, -0.15) is 0 Å². The van der Waals surface area contributed by atoms with E-state index in [2.05, 4.69) is 48.1 Å². The Kier molecular flexibility index (Phi) is 3.26. The highest BCUT2D eigenvalue weighted by atomic mass is 32.2. The van der Waals surface area contributed by atoms with Crippen molar-refractivity contribution in [1.82, 2.24) is 15.0 Å². The van der Waals surface area contributed by atoms with Crippen molar-refractivity contribution in [3.05, 3.63) is 41.1 Å². The number of nitrogens with zero attached hydrogens (tertiary/aromatic N) is 2. The number of H-pyrrole nitrogens is 1. The Morgan fingerprint density at radius 3 is 2.55 bits per heavy atom. The highest BCUT2D eigenvalue weighted by Gasteiger charge is 2.13. The minimum absolute atomic E-state index is 0.800. The number of aryl methyl sites for hydroxylation is 3. The number of hydrogen-bond donors (Lipinski definition) is 1. The normalized spacial score (nSPS) is 11.2. The molecule has 0 aliphatic rings. The molecule has 0 fully saturated rings. The van der Waals surface area contributed by atoms with Crippen LogP contribution in [0.25, 0.3) is 22.3 Å². The fraction of sp³-hybridized carbons (Fsp3) is 0.250. The summed E-state index contributed by atoms with van der Waals surface area (Å²) in [4.78, 5) is 12.6. The van der Waals surface area contributed by atoms with E-state index >= 15 is 0 Å². The second-order valence-corrected chi connectivity index (χ2v) is 5.87. The molecule has 0 radical (unpaired) electrons. The molecule has 0 aliphatic heterocycles. The van der Waals surface area contributed by atoms with Crippen LogP contribution in [0.2, 0.25) is 0 Å². The zero-order valence-electron chi connectivity index (χ0n) is 12.1. The van der Waals surface area contributed by atoms with Crippen LogP contribution in [0.5, 0.6) is 0 Å². The fourth-order valence-electron chi connectivity index (χ4n) is 2.50. The van der Waals surface area contributed by atoms with Gasteiger partial charge in [0.05, 0.1) is 5.69 Å². The van der Waals surface area contributed by atoms with Crippen molar-refractivity contribution >= 4 is 22.8 Å². The van der Waals surface area contributed by atoms with Gasteiger partial charge in [0, 0.05) is 16.6 Å². The summed E-state index contributed by atoms with van der Waals surface area (Å²) in [7, 11) is 0. The molecule has 1 N–H and O–H groups in total. The molecule has 0 unspecified atom stereocenters. The van der Waals surface area contributed by atoms with Gasteiger partial charge in [0.15, 0.2) is 5.16 Å². The molecule has 3 rings (SSSR count). The zero-order chi connectivity index (χ0) is 14.3. The summed E-state index contributed by atoms with van der Waals surface area (Å²) >= 11 is 1.57. The molecule has 2 aromatic heterocycles. The lowest BCUT2D eigenvalue weighted by Crippen LogP contribution is -1.94. The Morgan fingerprint density at radius 2 is 1.85 bits per heavy atom. The number of hydrogen-bond acceptors (Lipinski definition) is 3. The number of benzene rings is 1. The molecule has 4 heteroatoms. The smallest absolute Gasteiger partial charge is 0.189 e. The number of nitrogens with one attached hydrogen (secondary N) is 1. The third kappa shape index (κ3) is 2.20. The Morgan fingerprint density at radius 1 is 1.05 bits per heavy atom. The summed E-state index contributed by atoms with van der Waals surface area (Å²) in [5, 5.41) is 1.89. The predicted molar refractivity (Wildman–Crippen MR) is 85.3 cm³/mol. The lowest BCUT2D eigenvalue weighted by atomic mass is 10.0. The minimum Gasteiger partial charge on any atom is -0.343 e. The van der Waals surface area contributed by atoms with Crippen LogP contribution in [0.1, 0.15) is 16.8 Å². The fourth-order valence-corrected chi connectivity index (χ4v) is 2.86. The highest BCUT2D eigenvalue weighted by molar-refractivity contribution is 7.98. The van der Waals surface area contributed by atoms with E-state index in [4.69, 9.17) is 4.98 Å². The molecule has 0 bridgehead atoms. The quantitative estimate of drug-likeness (QED) is 0.564. The van der Waals surface area contributed by atoms with Crippen LogP contribution in [0.3, 0.4) is 0 Å². The maximum absolute atomic E-state index is 4.73. The number of fused-ring (bicyclic) bond motifs is 1. The molecular formula is C16H17N3S. The van der Waals surface area contributed by atoms with Crippen molar-refractivity contribution in [2.24, 2.45) is 0 Å². The van der Waals surface area contributed by atoms with Crippen LogP contribution in [0, 0.1) is 20.8 Å². The second kappa shape index (κ2) is 4.94. The predicted octanol–water partition coefficient (Wildman–Crippen LogP) is 4.27. The van der Waals surface area contributed by atoms with E-state index in [0.29, 0.717) is 0 Å². The van der Waals surface area contributed by atoms with Gasteiger partial charge in [-0.15, -0.1) is 0 Å². The number of thioether (sulfide) groups is 1. The third-order valence-corrected chi connectivity index (χ3v) is 3.97. The highest BCUT2D eigenvalue weighted by Crippen LogP contribution is 2.31. The maximum atomic E-state index is 4.73. The molecule has 0 spiro atoms. The van der Waals surface area contributed by atoms with E-state index in [9.17, 15) is 0 Å². The molecule has 0 atom stereocenters. The second-order valence-electron chi connectivity index (χ2n) is 5.09. The van der Waals surface area contributed by atoms with Crippen molar-refractivity contribution in [2.75, 3.05) is 6.26 Å². The lowest BCUT2D eigenvalue weighted by Gasteiger charge is -2.08. The molecule has 0 saturated heterocycles. The Labute approximate surface area is 122 Å². The van der Waals surface area contributed by atoms with Gasteiger partial charge < -0.3 is 4.98 Å². The van der Waals surface area contributed by atoms with Crippen LogP contribution >= 0.6 is 11.8 Å². The van der Waals surface area contributed by atoms with Gasteiger partial charge in [-0.25, -0.2) is 9.97 Å². The molecule has 0 saturated carbocycles. The van der Waals surface area contributed by atoms with Gasteiger partial charge in [-0.1, -0.05) is 35.5 Å². The van der Waals surface area contributed by atoms with Crippen LogP contribution in [0.15, 0.2) is 29.4 Å². The van der Waals surface area contributed by atoms with Crippen LogP contribution in [0.4, 0.5) is 0 Å². The van der Waals surface area contributed by atoms with E-state index in [-0.39, 0.29) is 0 Å². The summed E-state index contributed by atoms with van der Waals surface area (Å²) in [6, 6.07) is 8.60. The first kappa shape index (κ1) is 13.2. The molecule has 0 amide bonds. The summed E-state index contributed by atoms with van der Waals surface area (Å²) in [6.45, 7) is 6.29. The summed E-state index contributed by atoms with van der Waals surface area (Å²) in [6.07, 6.45) is 2.00. The maximum Gasteiger partial charge on any atom is 0.189 e. The van der Waals surface area contributed by atoms with Gasteiger partial charge in [0.2, 0.25) is 0 Å². The molecule has 0 aliphatic carbocycles. The van der Waals surface area contributed by atoms with E-state index in [0.717, 1.165) is 27.6 Å². The zero-order valence-corrected chi connectivity index (χ0v) is 12.9. The first-order valence-corrected chi connectivity index (χ1v) is 7.80. The number of aromatic nitrogens is 3. The Hall–Kier alpha value is -1.81. The number of aromatic amines is 1. The van der Waals surface area contributed by atoms with Gasteiger partial charge in [-0.3, -0.25) is 0 Å². The van der Waals surface area contributed by atoms with E-state index < -0.39 is 0 Å². The Bertz CT molecular complexity index is 790. The SMILES string of the molecule is CSc1nc(-c2ccc(C)cc2C)c2cc(C)[nH]c2n1. The molecule has 20 heavy (non-hydrogen) atoms. The molecule has 2 heterocycles. The van der Waals surface area contributed by atoms with Crippen LogP contribution in [-0.4, -0.2) is 21.2 Å². The largest absolute Gasteiger partial charge is 0.343 e. The third-order valence-electron chi connectivity index (χ3n) is 3.42. The van der Waals surface area contributed by atoms with E-state index in [1.165, 1.54) is 16.7 Å². The molecular weight excluding hydrogens is 266 g/mol. The van der Waals surface area contributed by atoms with Gasteiger partial charge in [0.1, 0.15) is 5.65 Å². The number of rotatable bonds is 2. The summed E-state index contributed by atoms with van der Waals surface area (Å²) in [5.41, 5.74) is 6.73. The van der Waals surface area contributed by atoms with Crippen LogP contribution < -0.4 is 0 Å². The minimum atomic E-state index is 0.800. The molecule has 3 nitrogen and oxygen atoms in total. The topological polar surface area (TPSA) is 41.6 Å². The monoisotopic (exact) mass is 283 g/mol. The van der Waals surface area contributed by atoms with Crippen molar-refractivity contribution in [3.63, 3.8) is 0 Å². The average Bonchev–Trinajstić information content (AvgIpc) is 2.78. The molecule has 3 aromatic rings. The van der Waals surface area contributed by atoms with E-state index in [1.54, 1.807) is 11.8 Å². The van der Waals surface area contributed by atoms with Crippen molar-refractivity contribution < 1.29 is 0 Å². The Balaban J connectivity index is 2.33. The van der Waals surface area contributed by atoms with Crippen molar-refractivity contribution in [3.8, 4) is 11.3 Å². The van der Waals surface area contributed by atoms with E-state index in [1.807, 2.05) is 13.2 Å². The average molecular weight is 283 g/mol. The van der Waals surface area contributed by atoms with Crippen molar-refractivity contribution in [1.29, 1.82) is 0 Å². The summed E-state index contributed by atoms with van der Waals surface area (Å²) in [5.74, 6) is 0. The van der Waals surface area contributed by atoms with Gasteiger partial charge in [0.25, 0.3) is 0 Å². The van der Waals surface area contributed by atoms with Crippen LogP contribution in [-0.2, 0) is 0 Å². The van der Waals surface area contributed by atoms with Gasteiger partial charge >= 0.3 is 0 Å². The first-order valence-electron chi connectivity index (χ1n) is 6.57. The standard InChI is InChI=1S/C16H17N3S/c1-9-5-6-12(10(2)7-9)14-13-8-11(3)17-15(13)19-16(18-14)20-4/h5-8H,1-4H3,(H,17,18,19). The first-order chi connectivity index (χ1) is 9.58. The molecule has 102 valence electrons. The molecule has 1 aromatic carbocycles. The van der Waals surface area contributed by atoms with Gasteiger partial charge in [-0.05, 0) is 38.7 Å². The summed E-state index contributed by atoms with van der Waals surface area (Å²) < 4.78 is 0. The lowest BCUT2D eigenvalue weighted by molar-refractivity contribution is 1.000.